The van der Waals surface area contributed by atoms with Gasteiger partial charge in [0.15, 0.2) is 11.5 Å². The monoisotopic (exact) mass is 455 g/mol. The first kappa shape index (κ1) is 20.7. The Morgan fingerprint density at radius 2 is 1.55 bits per heavy atom. The van der Waals surface area contributed by atoms with E-state index in [0.29, 0.717) is 42.6 Å². The van der Waals surface area contributed by atoms with Crippen molar-refractivity contribution in [1.29, 1.82) is 0 Å². The zero-order chi connectivity index (χ0) is 20.5. The zero-order valence-electron chi connectivity index (χ0n) is 16.0. The van der Waals surface area contributed by atoms with E-state index in [2.05, 4.69) is 21.1 Å². The first-order chi connectivity index (χ1) is 14.2. The van der Waals surface area contributed by atoms with Crippen molar-refractivity contribution < 1.29 is 19.4 Å². The van der Waals surface area contributed by atoms with Crippen molar-refractivity contribution in [2.45, 2.75) is 20.1 Å². The van der Waals surface area contributed by atoms with Gasteiger partial charge in [-0.05, 0) is 48.4 Å². The molecule has 6 heteroatoms. The molecule has 0 aliphatic rings. The van der Waals surface area contributed by atoms with E-state index in [-0.39, 0.29) is 0 Å². The van der Waals surface area contributed by atoms with E-state index in [1.54, 1.807) is 0 Å². The minimum absolute atomic E-state index is 0.340. The summed E-state index contributed by atoms with van der Waals surface area (Å²) >= 11 is 3.40. The highest BCUT2D eigenvalue weighted by molar-refractivity contribution is 9.10. The topological polar surface area (TPSA) is 60.3 Å². The molecule has 150 valence electrons. The molecular weight excluding hydrogens is 434 g/mol. The lowest BCUT2D eigenvalue weighted by molar-refractivity contribution is 0.267. The molecule has 0 spiro atoms. The molecule has 0 bridgehead atoms. The highest BCUT2D eigenvalue weighted by Crippen LogP contribution is 2.30. The third kappa shape index (κ3) is 5.99. The molecule has 0 heterocycles. The summed E-state index contributed by atoms with van der Waals surface area (Å²) in [6.07, 6.45) is 1.34. The highest BCUT2D eigenvalue weighted by Gasteiger charge is 2.09. The van der Waals surface area contributed by atoms with E-state index < -0.39 is 0 Å². The van der Waals surface area contributed by atoms with Crippen molar-refractivity contribution in [1.82, 2.24) is 0 Å². The van der Waals surface area contributed by atoms with Gasteiger partial charge < -0.3 is 19.4 Å². The van der Waals surface area contributed by atoms with E-state index in [4.69, 9.17) is 19.4 Å². The fourth-order valence-corrected chi connectivity index (χ4v) is 3.12. The number of oxime groups is 1. The van der Waals surface area contributed by atoms with Crippen LogP contribution in [0.5, 0.6) is 17.2 Å². The summed E-state index contributed by atoms with van der Waals surface area (Å²) in [7, 11) is 0. The summed E-state index contributed by atoms with van der Waals surface area (Å²) in [5.41, 5.74) is 2.71. The molecular formula is C23H22BrNO4. The SMILES string of the molecule is CCOc1cc(COc2ccc(Br)cc2/C=N/O)ccc1OCc1ccccc1. The summed E-state index contributed by atoms with van der Waals surface area (Å²) < 4.78 is 18.5. The van der Waals surface area contributed by atoms with E-state index in [0.717, 1.165) is 15.6 Å². The molecule has 0 unspecified atom stereocenters. The van der Waals surface area contributed by atoms with Crippen LogP contribution in [0.4, 0.5) is 0 Å². The highest BCUT2D eigenvalue weighted by atomic mass is 79.9. The number of hydrogen-bond donors (Lipinski definition) is 1. The molecule has 3 aromatic carbocycles. The van der Waals surface area contributed by atoms with E-state index in [1.165, 1.54) is 6.21 Å². The molecule has 1 N–H and O–H groups in total. The van der Waals surface area contributed by atoms with Crippen molar-refractivity contribution in [3.05, 3.63) is 87.9 Å². The second kappa shape index (κ2) is 10.5. The smallest absolute Gasteiger partial charge is 0.161 e. The number of hydrogen-bond acceptors (Lipinski definition) is 5. The molecule has 0 atom stereocenters. The minimum Gasteiger partial charge on any atom is -0.490 e. The molecule has 3 rings (SSSR count). The quantitative estimate of drug-likeness (QED) is 0.251. The second-order valence-corrected chi connectivity index (χ2v) is 7.12. The maximum absolute atomic E-state index is 8.85. The fraction of sp³-hybridized carbons (Fsp3) is 0.174. The maximum atomic E-state index is 8.85. The number of nitrogens with zero attached hydrogens (tertiary/aromatic N) is 1. The second-order valence-electron chi connectivity index (χ2n) is 6.20. The normalized spacial score (nSPS) is 10.8. The first-order valence-electron chi connectivity index (χ1n) is 9.22. The van der Waals surface area contributed by atoms with Crippen molar-refractivity contribution in [3.8, 4) is 17.2 Å². The van der Waals surface area contributed by atoms with Crippen LogP contribution < -0.4 is 14.2 Å². The maximum Gasteiger partial charge on any atom is 0.161 e. The summed E-state index contributed by atoms with van der Waals surface area (Å²) in [5.74, 6) is 1.99. The zero-order valence-corrected chi connectivity index (χ0v) is 17.6. The van der Waals surface area contributed by atoms with Crippen LogP contribution in [0, 0.1) is 0 Å². The number of benzene rings is 3. The Morgan fingerprint density at radius 3 is 2.31 bits per heavy atom. The Bertz CT molecular complexity index is 960. The summed E-state index contributed by atoms with van der Waals surface area (Å²) in [4.78, 5) is 0. The largest absolute Gasteiger partial charge is 0.490 e. The van der Waals surface area contributed by atoms with Gasteiger partial charge in [-0.25, -0.2) is 0 Å². The van der Waals surface area contributed by atoms with Gasteiger partial charge >= 0.3 is 0 Å². The van der Waals surface area contributed by atoms with Crippen LogP contribution in [0.25, 0.3) is 0 Å². The van der Waals surface area contributed by atoms with Crippen LogP contribution in [0.1, 0.15) is 23.6 Å². The van der Waals surface area contributed by atoms with Crippen molar-refractivity contribution >= 4 is 22.1 Å². The molecule has 0 radical (unpaired) electrons. The van der Waals surface area contributed by atoms with Crippen LogP contribution in [-0.4, -0.2) is 18.0 Å². The molecule has 0 aromatic heterocycles. The predicted octanol–water partition coefficient (Wildman–Crippen LogP) is 5.81. The Kier molecular flexibility index (Phi) is 7.53. The van der Waals surface area contributed by atoms with Gasteiger partial charge in [-0.1, -0.05) is 57.5 Å². The van der Waals surface area contributed by atoms with Gasteiger partial charge in [0, 0.05) is 10.0 Å². The van der Waals surface area contributed by atoms with Crippen molar-refractivity contribution in [3.63, 3.8) is 0 Å². The lowest BCUT2D eigenvalue weighted by Crippen LogP contribution is -2.02. The lowest BCUT2D eigenvalue weighted by atomic mass is 10.2. The van der Waals surface area contributed by atoms with Crippen molar-refractivity contribution in [2.24, 2.45) is 5.16 Å². The summed E-state index contributed by atoms with van der Waals surface area (Å²) in [6.45, 7) is 3.29. The lowest BCUT2D eigenvalue weighted by Gasteiger charge is -2.14. The average molecular weight is 456 g/mol. The molecule has 0 saturated carbocycles. The van der Waals surface area contributed by atoms with Crippen LogP contribution >= 0.6 is 15.9 Å². The third-order valence-electron chi connectivity index (χ3n) is 4.11. The first-order valence-corrected chi connectivity index (χ1v) is 10.0. The predicted molar refractivity (Wildman–Crippen MR) is 116 cm³/mol. The number of halogens is 1. The van der Waals surface area contributed by atoms with Crippen LogP contribution in [0.2, 0.25) is 0 Å². The van der Waals surface area contributed by atoms with E-state index >= 15 is 0 Å². The van der Waals surface area contributed by atoms with Gasteiger partial charge in [0.25, 0.3) is 0 Å². The Morgan fingerprint density at radius 1 is 0.828 bits per heavy atom. The van der Waals surface area contributed by atoms with Crippen LogP contribution in [-0.2, 0) is 13.2 Å². The molecule has 0 saturated heterocycles. The van der Waals surface area contributed by atoms with Gasteiger partial charge in [0.1, 0.15) is 19.0 Å². The molecule has 0 aliphatic carbocycles. The third-order valence-corrected chi connectivity index (χ3v) is 4.60. The minimum atomic E-state index is 0.340. The van der Waals surface area contributed by atoms with Crippen LogP contribution in [0.3, 0.4) is 0 Å². The Balaban J connectivity index is 1.71. The van der Waals surface area contributed by atoms with Gasteiger partial charge in [-0.2, -0.15) is 0 Å². The van der Waals surface area contributed by atoms with Gasteiger partial charge in [0.05, 0.1) is 12.8 Å². The summed E-state index contributed by atoms with van der Waals surface area (Å²) in [6, 6.07) is 21.3. The average Bonchev–Trinajstić information content (AvgIpc) is 2.74. The van der Waals surface area contributed by atoms with Gasteiger partial charge in [0.2, 0.25) is 0 Å². The van der Waals surface area contributed by atoms with Gasteiger partial charge in [-0.3, -0.25) is 0 Å². The molecule has 0 fully saturated rings. The standard InChI is InChI=1S/C23H22BrNO4/c1-2-27-23-12-18(8-10-22(23)29-15-17-6-4-3-5-7-17)16-28-21-11-9-20(24)13-19(21)14-25-26/h3-14,26H,2,15-16H2,1H3/b25-14+. The van der Waals surface area contributed by atoms with Crippen LogP contribution in [0.15, 0.2) is 76.4 Å². The Labute approximate surface area is 178 Å². The van der Waals surface area contributed by atoms with Crippen molar-refractivity contribution in [2.75, 3.05) is 6.61 Å². The molecule has 0 aliphatic heterocycles. The molecule has 29 heavy (non-hydrogen) atoms. The molecule has 0 amide bonds. The molecule has 5 nitrogen and oxygen atoms in total. The number of rotatable bonds is 9. The number of ether oxygens (including phenoxy) is 3. The molecule has 3 aromatic rings. The Hall–Kier alpha value is -2.99. The van der Waals surface area contributed by atoms with Gasteiger partial charge in [-0.15, -0.1) is 0 Å². The fourth-order valence-electron chi connectivity index (χ4n) is 2.74. The summed E-state index contributed by atoms with van der Waals surface area (Å²) in [5, 5.41) is 11.9. The van der Waals surface area contributed by atoms with E-state index in [1.807, 2.05) is 73.7 Å². The van der Waals surface area contributed by atoms with E-state index in [9.17, 15) is 0 Å².